The zero-order valence-corrected chi connectivity index (χ0v) is 10.7. The maximum atomic E-state index is 11.7. The Kier molecular flexibility index (Phi) is 5.70. The first-order valence-corrected chi connectivity index (χ1v) is 6.17. The van der Waals surface area contributed by atoms with Crippen molar-refractivity contribution in [2.45, 2.75) is 39.2 Å². The van der Waals surface area contributed by atoms with Gasteiger partial charge in [0.15, 0.2) is 0 Å². The lowest BCUT2D eigenvalue weighted by Gasteiger charge is -2.12. The monoisotopic (exact) mass is 234 g/mol. The molecule has 0 saturated heterocycles. The predicted molar refractivity (Wildman–Crippen MR) is 70.8 cm³/mol. The van der Waals surface area contributed by atoms with E-state index in [2.05, 4.69) is 24.4 Å². The van der Waals surface area contributed by atoms with Gasteiger partial charge in [-0.3, -0.25) is 4.79 Å². The number of nitrogens with one attached hydrogen (secondary N) is 1. The number of carbonyl (C=O) groups excluding carboxylic acids is 1. The van der Waals surface area contributed by atoms with Crippen LogP contribution in [0.3, 0.4) is 0 Å². The number of hydrogen-bond acceptors (Lipinski definition) is 2. The van der Waals surface area contributed by atoms with Crippen molar-refractivity contribution >= 4 is 5.91 Å². The average Bonchev–Trinajstić information content (AvgIpc) is 2.28. The van der Waals surface area contributed by atoms with Crippen LogP contribution in [0.25, 0.3) is 0 Å². The third-order valence-corrected chi connectivity index (χ3v) is 2.89. The molecule has 3 N–H and O–H groups in total. The molecule has 3 heteroatoms. The summed E-state index contributed by atoms with van der Waals surface area (Å²) in [6.07, 6.45) is 2.17. The summed E-state index contributed by atoms with van der Waals surface area (Å²) in [7, 11) is 0. The zero-order valence-electron chi connectivity index (χ0n) is 10.7. The van der Waals surface area contributed by atoms with Crippen LogP contribution >= 0.6 is 0 Å². The van der Waals surface area contributed by atoms with Gasteiger partial charge < -0.3 is 11.1 Å². The standard InChI is InChI=1S/C14H22N2O/c1-11-5-3-4-6-13(11)7-8-14(17)16-12(2)9-10-15/h3-6,12H,7-10,15H2,1-2H3,(H,16,17). The van der Waals surface area contributed by atoms with E-state index < -0.39 is 0 Å². The molecule has 1 aromatic rings. The van der Waals surface area contributed by atoms with Crippen molar-refractivity contribution in [1.29, 1.82) is 0 Å². The van der Waals surface area contributed by atoms with E-state index in [1.165, 1.54) is 11.1 Å². The molecule has 0 saturated carbocycles. The molecule has 0 aliphatic carbocycles. The largest absolute Gasteiger partial charge is 0.354 e. The summed E-state index contributed by atoms with van der Waals surface area (Å²) in [5.74, 6) is 0.106. The molecule has 0 heterocycles. The molecule has 0 fully saturated rings. The van der Waals surface area contributed by atoms with Crippen molar-refractivity contribution in [2.24, 2.45) is 5.73 Å². The summed E-state index contributed by atoms with van der Waals surface area (Å²) in [5, 5.41) is 2.95. The summed E-state index contributed by atoms with van der Waals surface area (Å²) >= 11 is 0. The van der Waals surface area contributed by atoms with Crippen molar-refractivity contribution < 1.29 is 4.79 Å². The molecule has 1 amide bonds. The lowest BCUT2D eigenvalue weighted by Crippen LogP contribution is -2.34. The highest BCUT2D eigenvalue weighted by molar-refractivity contribution is 5.76. The fourth-order valence-corrected chi connectivity index (χ4v) is 1.81. The van der Waals surface area contributed by atoms with Gasteiger partial charge in [-0.25, -0.2) is 0 Å². The van der Waals surface area contributed by atoms with Gasteiger partial charge >= 0.3 is 0 Å². The van der Waals surface area contributed by atoms with E-state index in [9.17, 15) is 4.79 Å². The van der Waals surface area contributed by atoms with E-state index >= 15 is 0 Å². The topological polar surface area (TPSA) is 55.1 Å². The maximum absolute atomic E-state index is 11.7. The summed E-state index contributed by atoms with van der Waals surface area (Å²) in [6.45, 7) is 4.67. The van der Waals surface area contributed by atoms with Gasteiger partial charge in [0, 0.05) is 12.5 Å². The first kappa shape index (κ1) is 13.7. The van der Waals surface area contributed by atoms with Gasteiger partial charge in [-0.2, -0.15) is 0 Å². The van der Waals surface area contributed by atoms with Crippen LogP contribution in [0, 0.1) is 6.92 Å². The first-order chi connectivity index (χ1) is 8.13. The number of benzene rings is 1. The maximum Gasteiger partial charge on any atom is 0.220 e. The van der Waals surface area contributed by atoms with Gasteiger partial charge in [-0.15, -0.1) is 0 Å². The minimum absolute atomic E-state index is 0.106. The predicted octanol–water partition coefficient (Wildman–Crippen LogP) is 1.78. The summed E-state index contributed by atoms with van der Waals surface area (Å²) in [6, 6.07) is 8.35. The van der Waals surface area contributed by atoms with Gasteiger partial charge in [0.25, 0.3) is 0 Å². The third-order valence-electron chi connectivity index (χ3n) is 2.89. The zero-order chi connectivity index (χ0) is 12.7. The highest BCUT2D eigenvalue weighted by atomic mass is 16.1. The van der Waals surface area contributed by atoms with Gasteiger partial charge in [0.1, 0.15) is 0 Å². The normalized spacial score (nSPS) is 12.2. The molecule has 0 aliphatic rings. The fraction of sp³-hybridized carbons (Fsp3) is 0.500. The van der Waals surface area contributed by atoms with E-state index in [0.717, 1.165) is 12.8 Å². The molecular weight excluding hydrogens is 212 g/mol. The van der Waals surface area contributed by atoms with E-state index in [1.54, 1.807) is 0 Å². The van der Waals surface area contributed by atoms with Crippen LogP contribution < -0.4 is 11.1 Å². The van der Waals surface area contributed by atoms with E-state index in [-0.39, 0.29) is 11.9 Å². The number of aryl methyl sites for hydroxylation is 2. The number of nitrogens with two attached hydrogens (primary N) is 1. The van der Waals surface area contributed by atoms with Gasteiger partial charge in [-0.1, -0.05) is 24.3 Å². The number of carbonyl (C=O) groups is 1. The highest BCUT2D eigenvalue weighted by Gasteiger charge is 2.07. The molecule has 17 heavy (non-hydrogen) atoms. The van der Waals surface area contributed by atoms with Crippen LogP contribution in [0.5, 0.6) is 0 Å². The van der Waals surface area contributed by atoms with Gasteiger partial charge in [0.2, 0.25) is 5.91 Å². The number of amides is 1. The first-order valence-electron chi connectivity index (χ1n) is 6.17. The van der Waals surface area contributed by atoms with Crippen molar-refractivity contribution in [3.8, 4) is 0 Å². The third kappa shape index (κ3) is 5.00. The second-order valence-corrected chi connectivity index (χ2v) is 4.47. The van der Waals surface area contributed by atoms with Crippen molar-refractivity contribution in [3.05, 3.63) is 35.4 Å². The highest BCUT2D eigenvalue weighted by Crippen LogP contribution is 2.09. The SMILES string of the molecule is Cc1ccccc1CCC(=O)NC(C)CCN. The Labute approximate surface area is 103 Å². The van der Waals surface area contributed by atoms with Crippen LogP contribution in [0.15, 0.2) is 24.3 Å². The minimum Gasteiger partial charge on any atom is -0.354 e. The van der Waals surface area contributed by atoms with Crippen LogP contribution in [-0.2, 0) is 11.2 Å². The molecule has 0 spiro atoms. The molecule has 1 rings (SSSR count). The van der Waals surface area contributed by atoms with Crippen molar-refractivity contribution in [2.75, 3.05) is 6.54 Å². The van der Waals surface area contributed by atoms with E-state index in [0.29, 0.717) is 13.0 Å². The lowest BCUT2D eigenvalue weighted by atomic mass is 10.0. The Morgan fingerprint density at radius 3 is 2.76 bits per heavy atom. The van der Waals surface area contributed by atoms with Gasteiger partial charge in [-0.05, 0) is 44.4 Å². The molecule has 94 valence electrons. The Hall–Kier alpha value is -1.35. The second-order valence-electron chi connectivity index (χ2n) is 4.47. The Bertz CT molecular complexity index is 363. The molecule has 1 atom stereocenters. The molecule has 0 bridgehead atoms. The molecule has 1 aromatic carbocycles. The number of rotatable bonds is 6. The molecular formula is C14H22N2O. The van der Waals surface area contributed by atoms with E-state index in [4.69, 9.17) is 5.73 Å². The lowest BCUT2D eigenvalue weighted by molar-refractivity contribution is -0.121. The van der Waals surface area contributed by atoms with Gasteiger partial charge in [0.05, 0.1) is 0 Å². The van der Waals surface area contributed by atoms with Crippen LogP contribution in [0.2, 0.25) is 0 Å². The molecule has 3 nitrogen and oxygen atoms in total. The number of hydrogen-bond donors (Lipinski definition) is 2. The van der Waals surface area contributed by atoms with Crippen LogP contribution in [0.1, 0.15) is 30.9 Å². The average molecular weight is 234 g/mol. The summed E-state index contributed by atoms with van der Waals surface area (Å²) in [5.41, 5.74) is 7.93. The second kappa shape index (κ2) is 7.07. The quantitative estimate of drug-likeness (QED) is 0.788. The van der Waals surface area contributed by atoms with Crippen molar-refractivity contribution in [3.63, 3.8) is 0 Å². The molecule has 0 aromatic heterocycles. The Balaban J connectivity index is 2.36. The van der Waals surface area contributed by atoms with Crippen molar-refractivity contribution in [1.82, 2.24) is 5.32 Å². The molecule has 1 unspecified atom stereocenters. The Morgan fingerprint density at radius 2 is 2.12 bits per heavy atom. The van der Waals surface area contributed by atoms with Crippen LogP contribution in [0.4, 0.5) is 0 Å². The fourth-order valence-electron chi connectivity index (χ4n) is 1.81. The summed E-state index contributed by atoms with van der Waals surface area (Å²) < 4.78 is 0. The Morgan fingerprint density at radius 1 is 1.41 bits per heavy atom. The molecule has 0 radical (unpaired) electrons. The smallest absolute Gasteiger partial charge is 0.220 e. The minimum atomic E-state index is 0.106. The summed E-state index contributed by atoms with van der Waals surface area (Å²) in [4.78, 5) is 11.7. The molecule has 0 aliphatic heterocycles. The van der Waals surface area contributed by atoms with Crippen LogP contribution in [-0.4, -0.2) is 18.5 Å². The van der Waals surface area contributed by atoms with E-state index in [1.807, 2.05) is 19.1 Å².